The van der Waals surface area contributed by atoms with Crippen molar-refractivity contribution in [2.45, 2.75) is 25.1 Å². The molecule has 0 saturated carbocycles. The van der Waals surface area contributed by atoms with Gasteiger partial charge in [0.2, 0.25) is 0 Å². The molecule has 112 valence electrons. The van der Waals surface area contributed by atoms with Crippen LogP contribution < -0.4 is 5.73 Å². The predicted molar refractivity (Wildman–Crippen MR) is 87.1 cm³/mol. The molecule has 21 heavy (non-hydrogen) atoms. The number of ether oxygens (including phenoxy) is 1. The second kappa shape index (κ2) is 8.00. The number of carbonyl (C=O) groups is 1. The van der Waals surface area contributed by atoms with Gasteiger partial charge in [0.05, 0.1) is 12.1 Å². The molecule has 1 aromatic heterocycles. The molecule has 0 aliphatic carbocycles. The van der Waals surface area contributed by atoms with Crippen molar-refractivity contribution in [1.29, 1.82) is 0 Å². The van der Waals surface area contributed by atoms with Gasteiger partial charge in [0.15, 0.2) is 0 Å². The van der Waals surface area contributed by atoms with Gasteiger partial charge in [-0.05, 0) is 36.8 Å². The topological polar surface area (TPSA) is 65.2 Å². The Bertz CT molecular complexity index is 598. The highest BCUT2D eigenvalue weighted by Gasteiger charge is 2.13. The molecule has 1 aromatic carbocycles. The Labute approximate surface area is 129 Å². The van der Waals surface area contributed by atoms with E-state index < -0.39 is 6.04 Å². The molecule has 0 spiro atoms. The minimum Gasteiger partial charge on any atom is -0.465 e. The molecule has 0 aliphatic heterocycles. The summed E-state index contributed by atoms with van der Waals surface area (Å²) in [4.78, 5) is 15.8. The van der Waals surface area contributed by atoms with Crippen molar-refractivity contribution in [3.05, 3.63) is 42.1 Å². The van der Waals surface area contributed by atoms with Crippen molar-refractivity contribution in [1.82, 2.24) is 4.98 Å². The van der Waals surface area contributed by atoms with Gasteiger partial charge in [-0.25, -0.2) is 0 Å². The van der Waals surface area contributed by atoms with Gasteiger partial charge < -0.3 is 10.5 Å². The Kier molecular flexibility index (Phi) is 6.02. The highest BCUT2D eigenvalue weighted by molar-refractivity contribution is 7.98. The van der Waals surface area contributed by atoms with Crippen LogP contribution in [-0.2, 0) is 15.3 Å². The molecular weight excluding hydrogens is 284 g/mol. The van der Waals surface area contributed by atoms with E-state index in [0.29, 0.717) is 13.0 Å². The van der Waals surface area contributed by atoms with Crippen LogP contribution in [0.4, 0.5) is 0 Å². The van der Waals surface area contributed by atoms with E-state index in [1.165, 1.54) is 10.9 Å². The van der Waals surface area contributed by atoms with Crippen molar-refractivity contribution >= 4 is 28.6 Å². The Morgan fingerprint density at radius 1 is 1.38 bits per heavy atom. The van der Waals surface area contributed by atoms with Crippen LogP contribution in [0, 0.1) is 0 Å². The highest BCUT2D eigenvalue weighted by atomic mass is 32.2. The van der Waals surface area contributed by atoms with Gasteiger partial charge in [0.25, 0.3) is 0 Å². The van der Waals surface area contributed by atoms with Crippen molar-refractivity contribution in [3.8, 4) is 0 Å². The molecule has 1 atom stereocenters. The third-order valence-corrected chi connectivity index (χ3v) is 4.20. The smallest absolute Gasteiger partial charge is 0.322 e. The van der Waals surface area contributed by atoms with Crippen LogP contribution in [0.25, 0.3) is 10.9 Å². The lowest BCUT2D eigenvalue weighted by molar-refractivity contribution is -0.144. The van der Waals surface area contributed by atoms with Crippen LogP contribution >= 0.6 is 11.8 Å². The molecule has 0 radical (unpaired) electrons. The van der Waals surface area contributed by atoms with Crippen molar-refractivity contribution in [2.24, 2.45) is 5.73 Å². The number of hydrogen-bond donors (Lipinski definition) is 1. The fraction of sp³-hybridized carbons (Fsp3) is 0.375. The number of nitrogens with zero attached hydrogens (tertiary/aromatic N) is 1. The summed E-state index contributed by atoms with van der Waals surface area (Å²) in [7, 11) is 0. The summed E-state index contributed by atoms with van der Waals surface area (Å²) in [5.41, 5.74) is 8.05. The molecule has 0 fully saturated rings. The molecule has 0 bridgehead atoms. The van der Waals surface area contributed by atoms with Crippen LogP contribution in [0.2, 0.25) is 0 Å². The summed E-state index contributed by atoms with van der Waals surface area (Å²) in [6.45, 7) is 2.16. The first kappa shape index (κ1) is 15.8. The van der Waals surface area contributed by atoms with Gasteiger partial charge in [0, 0.05) is 17.3 Å². The average molecular weight is 304 g/mol. The Hall–Kier alpha value is -1.59. The number of aromatic nitrogens is 1. The number of carbonyl (C=O) groups excluding carboxylic acids is 1. The van der Waals surface area contributed by atoms with Crippen LogP contribution in [0.5, 0.6) is 0 Å². The summed E-state index contributed by atoms with van der Waals surface area (Å²) in [5.74, 6) is 1.40. The zero-order valence-electron chi connectivity index (χ0n) is 12.1. The monoisotopic (exact) mass is 304 g/mol. The van der Waals surface area contributed by atoms with Crippen LogP contribution in [0.3, 0.4) is 0 Å². The fourth-order valence-electron chi connectivity index (χ4n) is 2.04. The van der Waals surface area contributed by atoms with Crippen LogP contribution in [0.15, 0.2) is 36.5 Å². The molecule has 2 rings (SSSR count). The Morgan fingerprint density at radius 3 is 3.00 bits per heavy atom. The standard InChI is InChI=1S/C16H20N2O2S/c1-2-20-16(19)14(17)8-10-21-11-12-7-9-18-15-6-4-3-5-13(12)15/h3-7,9,14H,2,8,10-11,17H2,1H3. The lowest BCUT2D eigenvalue weighted by Crippen LogP contribution is -2.32. The molecule has 1 unspecified atom stereocenters. The van der Waals surface area contributed by atoms with Gasteiger partial charge in [-0.15, -0.1) is 0 Å². The average Bonchev–Trinajstić information content (AvgIpc) is 2.51. The molecule has 4 nitrogen and oxygen atoms in total. The lowest BCUT2D eigenvalue weighted by Gasteiger charge is -2.10. The first-order chi connectivity index (χ1) is 10.2. The third kappa shape index (κ3) is 4.44. The van der Waals surface area contributed by atoms with Crippen LogP contribution in [0.1, 0.15) is 18.9 Å². The van der Waals surface area contributed by atoms with E-state index in [9.17, 15) is 4.79 Å². The van der Waals surface area contributed by atoms with Crippen molar-refractivity contribution in [2.75, 3.05) is 12.4 Å². The van der Waals surface area contributed by atoms with Crippen molar-refractivity contribution < 1.29 is 9.53 Å². The van der Waals surface area contributed by atoms with Gasteiger partial charge in [0.1, 0.15) is 6.04 Å². The van der Waals surface area contributed by atoms with E-state index in [-0.39, 0.29) is 5.97 Å². The van der Waals surface area contributed by atoms with Crippen LogP contribution in [-0.4, -0.2) is 29.4 Å². The Morgan fingerprint density at radius 2 is 2.19 bits per heavy atom. The fourth-order valence-corrected chi connectivity index (χ4v) is 3.08. The number of pyridine rings is 1. The van der Waals surface area contributed by atoms with E-state index in [2.05, 4.69) is 11.1 Å². The maximum atomic E-state index is 11.4. The number of fused-ring (bicyclic) bond motifs is 1. The third-order valence-electron chi connectivity index (χ3n) is 3.16. The predicted octanol–water partition coefficient (Wildman–Crippen LogP) is 2.75. The summed E-state index contributed by atoms with van der Waals surface area (Å²) in [6, 6.07) is 9.63. The molecule has 2 N–H and O–H groups in total. The molecule has 0 saturated heterocycles. The second-order valence-electron chi connectivity index (χ2n) is 4.69. The van der Waals surface area contributed by atoms with Gasteiger partial charge in [-0.1, -0.05) is 18.2 Å². The molecule has 1 heterocycles. The molecule has 0 aliphatic rings. The first-order valence-electron chi connectivity index (χ1n) is 7.05. The SMILES string of the molecule is CCOC(=O)C(N)CCSCc1ccnc2ccccc12. The summed E-state index contributed by atoms with van der Waals surface area (Å²) in [5, 5.41) is 1.18. The zero-order chi connectivity index (χ0) is 15.1. The number of thioether (sulfide) groups is 1. The van der Waals surface area contributed by atoms with Gasteiger partial charge >= 0.3 is 5.97 Å². The van der Waals surface area contributed by atoms with Gasteiger partial charge in [-0.2, -0.15) is 11.8 Å². The molecular formula is C16H20N2O2S. The van der Waals surface area contributed by atoms with E-state index in [1.807, 2.05) is 30.5 Å². The van der Waals surface area contributed by atoms with E-state index in [4.69, 9.17) is 10.5 Å². The Balaban J connectivity index is 1.84. The highest BCUT2D eigenvalue weighted by Crippen LogP contribution is 2.21. The van der Waals surface area contributed by atoms with Gasteiger partial charge in [-0.3, -0.25) is 9.78 Å². The molecule has 0 amide bonds. The summed E-state index contributed by atoms with van der Waals surface area (Å²) >= 11 is 1.77. The quantitative estimate of drug-likeness (QED) is 0.629. The maximum Gasteiger partial charge on any atom is 0.322 e. The summed E-state index contributed by atoms with van der Waals surface area (Å²) in [6.07, 6.45) is 2.47. The number of benzene rings is 1. The number of nitrogens with two attached hydrogens (primary N) is 1. The summed E-state index contributed by atoms with van der Waals surface area (Å²) < 4.78 is 4.90. The normalized spacial score (nSPS) is 12.3. The maximum absolute atomic E-state index is 11.4. The minimum atomic E-state index is -0.522. The molecule has 5 heteroatoms. The first-order valence-corrected chi connectivity index (χ1v) is 8.20. The minimum absolute atomic E-state index is 0.313. The van der Waals surface area contributed by atoms with Crippen molar-refractivity contribution in [3.63, 3.8) is 0 Å². The zero-order valence-corrected chi connectivity index (χ0v) is 12.9. The van der Waals surface area contributed by atoms with E-state index in [0.717, 1.165) is 17.0 Å². The van der Waals surface area contributed by atoms with E-state index >= 15 is 0 Å². The largest absolute Gasteiger partial charge is 0.465 e. The van der Waals surface area contributed by atoms with E-state index in [1.54, 1.807) is 18.7 Å². The number of esters is 1. The number of para-hydroxylation sites is 1. The number of hydrogen-bond acceptors (Lipinski definition) is 5. The number of rotatable bonds is 7. The lowest BCUT2D eigenvalue weighted by atomic mass is 10.1. The molecule has 2 aromatic rings. The second-order valence-corrected chi connectivity index (χ2v) is 5.79.